The minimum atomic E-state index is 0.918. The summed E-state index contributed by atoms with van der Waals surface area (Å²) in [4.78, 5) is 4.31. The normalized spacial score (nSPS) is 15.7. The van der Waals surface area contributed by atoms with Crippen molar-refractivity contribution in [2.45, 2.75) is 26.3 Å². The van der Waals surface area contributed by atoms with Crippen LogP contribution in [0.5, 0.6) is 0 Å². The molecule has 0 unspecified atom stereocenters. The van der Waals surface area contributed by atoms with Crippen molar-refractivity contribution in [3.63, 3.8) is 0 Å². The third-order valence-electron chi connectivity index (χ3n) is 1.86. The van der Waals surface area contributed by atoms with Crippen molar-refractivity contribution in [2.75, 3.05) is 11.9 Å². The standard InChI is InChI=1S/C7H12N4/c1-2-6-9-7-8-4-3-5-11(7)10-6/h2-5H2,1H3,(H,8,9,10). The molecule has 1 aliphatic heterocycles. The number of nitrogens with zero attached hydrogens (tertiary/aromatic N) is 3. The maximum atomic E-state index is 4.31. The molecule has 1 aromatic rings. The molecule has 4 heteroatoms. The lowest BCUT2D eigenvalue weighted by molar-refractivity contribution is 0.561. The first-order chi connectivity index (χ1) is 5.40. The smallest absolute Gasteiger partial charge is 0.221 e. The van der Waals surface area contributed by atoms with Gasteiger partial charge in [-0.3, -0.25) is 0 Å². The lowest BCUT2D eigenvalue weighted by Crippen LogP contribution is -2.17. The molecule has 0 fully saturated rings. The third-order valence-corrected chi connectivity index (χ3v) is 1.86. The largest absolute Gasteiger partial charge is 0.354 e. The van der Waals surface area contributed by atoms with E-state index in [0.29, 0.717) is 0 Å². The predicted octanol–water partition coefficient (Wildman–Crippen LogP) is 0.656. The number of hydrogen-bond acceptors (Lipinski definition) is 3. The van der Waals surface area contributed by atoms with Crippen LogP contribution >= 0.6 is 0 Å². The monoisotopic (exact) mass is 152 g/mol. The number of anilines is 1. The highest BCUT2D eigenvalue weighted by atomic mass is 15.4. The van der Waals surface area contributed by atoms with E-state index in [1.807, 2.05) is 4.68 Å². The lowest BCUT2D eigenvalue weighted by Gasteiger charge is -2.12. The molecule has 2 heterocycles. The molecule has 1 aromatic heterocycles. The molecule has 0 amide bonds. The van der Waals surface area contributed by atoms with Crippen molar-refractivity contribution in [1.29, 1.82) is 0 Å². The third kappa shape index (κ3) is 1.08. The number of nitrogens with one attached hydrogen (secondary N) is 1. The quantitative estimate of drug-likeness (QED) is 0.642. The topological polar surface area (TPSA) is 42.7 Å². The molecule has 0 atom stereocenters. The van der Waals surface area contributed by atoms with Gasteiger partial charge in [-0.15, -0.1) is 0 Å². The number of aromatic nitrogens is 3. The molecule has 0 bridgehead atoms. The van der Waals surface area contributed by atoms with E-state index in [2.05, 4.69) is 22.3 Å². The zero-order chi connectivity index (χ0) is 7.68. The van der Waals surface area contributed by atoms with E-state index < -0.39 is 0 Å². The summed E-state index contributed by atoms with van der Waals surface area (Å²) < 4.78 is 1.95. The summed E-state index contributed by atoms with van der Waals surface area (Å²) >= 11 is 0. The fourth-order valence-electron chi connectivity index (χ4n) is 1.25. The highest BCUT2D eigenvalue weighted by Gasteiger charge is 2.11. The van der Waals surface area contributed by atoms with Crippen molar-refractivity contribution in [2.24, 2.45) is 0 Å². The SMILES string of the molecule is CCc1nc2n(n1)CCCN2. The van der Waals surface area contributed by atoms with E-state index in [1.165, 1.54) is 0 Å². The van der Waals surface area contributed by atoms with Gasteiger partial charge in [0.05, 0.1) is 0 Å². The Bertz CT molecular complexity index is 229. The summed E-state index contributed by atoms with van der Waals surface area (Å²) in [5.41, 5.74) is 0. The van der Waals surface area contributed by atoms with Crippen LogP contribution in [-0.2, 0) is 13.0 Å². The summed E-state index contributed by atoms with van der Waals surface area (Å²) in [7, 11) is 0. The Kier molecular flexibility index (Phi) is 1.52. The maximum absolute atomic E-state index is 4.31. The highest BCUT2D eigenvalue weighted by molar-refractivity contribution is 5.26. The molecule has 2 rings (SSSR count). The summed E-state index contributed by atoms with van der Waals surface area (Å²) in [6.07, 6.45) is 2.07. The van der Waals surface area contributed by atoms with Crippen molar-refractivity contribution in [1.82, 2.24) is 14.8 Å². The Morgan fingerprint density at radius 3 is 3.27 bits per heavy atom. The first-order valence-corrected chi connectivity index (χ1v) is 4.07. The molecule has 4 nitrogen and oxygen atoms in total. The number of fused-ring (bicyclic) bond motifs is 1. The average molecular weight is 152 g/mol. The summed E-state index contributed by atoms with van der Waals surface area (Å²) in [6, 6.07) is 0. The molecule has 0 spiro atoms. The Labute approximate surface area is 65.6 Å². The Hall–Kier alpha value is -1.06. The zero-order valence-corrected chi connectivity index (χ0v) is 6.67. The van der Waals surface area contributed by atoms with Crippen LogP contribution in [0, 0.1) is 0 Å². The van der Waals surface area contributed by atoms with Crippen LogP contribution in [-0.4, -0.2) is 21.3 Å². The van der Waals surface area contributed by atoms with Crippen molar-refractivity contribution >= 4 is 5.95 Å². The Morgan fingerprint density at radius 2 is 2.55 bits per heavy atom. The van der Waals surface area contributed by atoms with E-state index in [0.717, 1.165) is 37.7 Å². The Balaban J connectivity index is 2.32. The van der Waals surface area contributed by atoms with Gasteiger partial charge in [-0.25, -0.2) is 4.68 Å². The molecule has 0 saturated carbocycles. The predicted molar refractivity (Wildman–Crippen MR) is 42.5 cm³/mol. The summed E-state index contributed by atoms with van der Waals surface area (Å²) in [5.74, 6) is 1.88. The van der Waals surface area contributed by atoms with Crippen LogP contribution in [0.25, 0.3) is 0 Å². The van der Waals surface area contributed by atoms with Gasteiger partial charge in [0.2, 0.25) is 5.95 Å². The van der Waals surface area contributed by atoms with E-state index in [-0.39, 0.29) is 0 Å². The van der Waals surface area contributed by atoms with E-state index in [4.69, 9.17) is 0 Å². The number of rotatable bonds is 1. The first-order valence-electron chi connectivity index (χ1n) is 4.07. The van der Waals surface area contributed by atoms with Crippen LogP contribution in [0.2, 0.25) is 0 Å². The summed E-state index contributed by atoms with van der Waals surface area (Å²) in [5, 5.41) is 7.52. The number of hydrogen-bond donors (Lipinski definition) is 1. The maximum Gasteiger partial charge on any atom is 0.221 e. The van der Waals surface area contributed by atoms with Gasteiger partial charge >= 0.3 is 0 Å². The molecular weight excluding hydrogens is 140 g/mol. The fourth-order valence-corrected chi connectivity index (χ4v) is 1.25. The second-order valence-electron chi connectivity index (χ2n) is 2.71. The van der Waals surface area contributed by atoms with E-state index in [1.54, 1.807) is 0 Å². The molecular formula is C7H12N4. The molecule has 0 radical (unpaired) electrons. The molecule has 60 valence electrons. The number of aryl methyl sites for hydroxylation is 2. The Morgan fingerprint density at radius 1 is 1.64 bits per heavy atom. The average Bonchev–Trinajstić information content (AvgIpc) is 2.46. The van der Waals surface area contributed by atoms with Crippen LogP contribution in [0.4, 0.5) is 5.95 Å². The minimum Gasteiger partial charge on any atom is -0.354 e. The van der Waals surface area contributed by atoms with Crippen LogP contribution in [0.15, 0.2) is 0 Å². The zero-order valence-electron chi connectivity index (χ0n) is 6.67. The molecule has 1 aliphatic rings. The van der Waals surface area contributed by atoms with Crippen molar-refractivity contribution in [3.05, 3.63) is 5.82 Å². The fraction of sp³-hybridized carbons (Fsp3) is 0.714. The van der Waals surface area contributed by atoms with Crippen LogP contribution < -0.4 is 5.32 Å². The second-order valence-corrected chi connectivity index (χ2v) is 2.71. The van der Waals surface area contributed by atoms with Gasteiger partial charge in [-0.1, -0.05) is 6.92 Å². The van der Waals surface area contributed by atoms with Gasteiger partial charge in [0.25, 0.3) is 0 Å². The molecule has 11 heavy (non-hydrogen) atoms. The van der Waals surface area contributed by atoms with Gasteiger partial charge in [0.1, 0.15) is 0 Å². The second kappa shape index (κ2) is 2.53. The van der Waals surface area contributed by atoms with Crippen molar-refractivity contribution in [3.8, 4) is 0 Å². The van der Waals surface area contributed by atoms with Gasteiger partial charge < -0.3 is 5.32 Å². The van der Waals surface area contributed by atoms with E-state index >= 15 is 0 Å². The van der Waals surface area contributed by atoms with Gasteiger partial charge in [-0.2, -0.15) is 10.1 Å². The molecule has 1 N–H and O–H groups in total. The van der Waals surface area contributed by atoms with Crippen LogP contribution in [0.1, 0.15) is 19.2 Å². The lowest BCUT2D eigenvalue weighted by atomic mass is 10.4. The molecule has 0 saturated heterocycles. The van der Waals surface area contributed by atoms with Crippen molar-refractivity contribution < 1.29 is 0 Å². The molecule has 0 aliphatic carbocycles. The minimum absolute atomic E-state index is 0.918. The van der Waals surface area contributed by atoms with Gasteiger partial charge in [0, 0.05) is 19.5 Å². The summed E-state index contributed by atoms with van der Waals surface area (Å²) in [6.45, 7) is 4.11. The van der Waals surface area contributed by atoms with Gasteiger partial charge in [-0.05, 0) is 6.42 Å². The van der Waals surface area contributed by atoms with E-state index in [9.17, 15) is 0 Å². The highest BCUT2D eigenvalue weighted by Crippen LogP contribution is 2.10. The van der Waals surface area contributed by atoms with Crippen LogP contribution in [0.3, 0.4) is 0 Å². The molecule has 0 aromatic carbocycles. The van der Waals surface area contributed by atoms with Gasteiger partial charge in [0.15, 0.2) is 5.82 Å². The first kappa shape index (κ1) is 6.64.